The zero-order valence-corrected chi connectivity index (χ0v) is 15.7. The van der Waals surface area contributed by atoms with Crippen molar-refractivity contribution in [2.45, 2.75) is 57.3 Å². The van der Waals surface area contributed by atoms with Crippen molar-refractivity contribution < 1.29 is 9.53 Å². The highest BCUT2D eigenvalue weighted by Gasteiger charge is 2.34. The lowest BCUT2D eigenvalue weighted by atomic mass is 9.94. The predicted molar refractivity (Wildman–Crippen MR) is 98.2 cm³/mol. The number of likely N-dealkylation sites (tertiary alicyclic amines) is 1. The summed E-state index contributed by atoms with van der Waals surface area (Å²) in [5.41, 5.74) is 1.25. The largest absolute Gasteiger partial charge is 0.375 e. The summed E-state index contributed by atoms with van der Waals surface area (Å²) in [5, 5.41) is 0. The third-order valence-corrected chi connectivity index (χ3v) is 5.73. The van der Waals surface area contributed by atoms with E-state index in [-0.39, 0.29) is 12.0 Å². The fourth-order valence-electron chi connectivity index (χ4n) is 4.32. The van der Waals surface area contributed by atoms with Gasteiger partial charge in [0.05, 0.1) is 12.2 Å². The normalized spacial score (nSPS) is 29.9. The van der Waals surface area contributed by atoms with Crippen LogP contribution in [0.5, 0.6) is 0 Å². The number of hydrogen-bond acceptors (Lipinski definition) is 4. The summed E-state index contributed by atoms with van der Waals surface area (Å²) in [6.07, 6.45) is 9.18. The number of carbonyl (C=O) groups is 1. The monoisotopic (exact) mass is 345 g/mol. The van der Waals surface area contributed by atoms with Crippen molar-refractivity contribution in [3.63, 3.8) is 0 Å². The standard InChI is InChI=1S/C20H31N3O2/c1-15-6-7-18(25-15)8-9-19(24)23(3)14-17-10-12-22(2)20(17)16-5-4-11-21-13-16/h4-5,11,13,15,17-18,20H,6-10,12,14H2,1-3H3/t15-,17-,18+,20-/m0/s1. The van der Waals surface area contributed by atoms with Gasteiger partial charge in [-0.25, -0.2) is 0 Å². The number of pyridine rings is 1. The van der Waals surface area contributed by atoms with Crippen LogP contribution in [0.15, 0.2) is 24.5 Å². The lowest BCUT2D eigenvalue weighted by Crippen LogP contribution is -2.34. The van der Waals surface area contributed by atoms with Crippen molar-refractivity contribution in [1.82, 2.24) is 14.8 Å². The predicted octanol–water partition coefficient (Wildman–Crippen LogP) is 2.88. The van der Waals surface area contributed by atoms with E-state index in [2.05, 4.69) is 29.9 Å². The second-order valence-corrected chi connectivity index (χ2v) is 7.72. The molecule has 1 aromatic rings. The molecule has 1 aromatic heterocycles. The highest BCUT2D eigenvalue weighted by Crippen LogP contribution is 2.36. The van der Waals surface area contributed by atoms with Gasteiger partial charge in [0.2, 0.25) is 5.91 Å². The molecule has 3 rings (SSSR count). The van der Waals surface area contributed by atoms with Gasteiger partial charge in [0, 0.05) is 38.4 Å². The van der Waals surface area contributed by atoms with Gasteiger partial charge in [0.25, 0.3) is 0 Å². The fraction of sp³-hybridized carbons (Fsp3) is 0.700. The number of hydrogen-bond donors (Lipinski definition) is 0. The Morgan fingerprint density at radius 2 is 2.24 bits per heavy atom. The molecule has 0 aliphatic carbocycles. The zero-order valence-electron chi connectivity index (χ0n) is 15.7. The molecule has 0 N–H and O–H groups in total. The molecular weight excluding hydrogens is 314 g/mol. The molecule has 0 aromatic carbocycles. The maximum Gasteiger partial charge on any atom is 0.222 e. The molecule has 1 amide bonds. The minimum atomic E-state index is 0.239. The first-order valence-corrected chi connectivity index (χ1v) is 9.54. The molecule has 3 heterocycles. The number of nitrogens with zero attached hydrogens (tertiary/aromatic N) is 3. The highest BCUT2D eigenvalue weighted by molar-refractivity contribution is 5.75. The van der Waals surface area contributed by atoms with Crippen molar-refractivity contribution in [2.75, 3.05) is 27.2 Å². The molecule has 2 fully saturated rings. The SMILES string of the molecule is C[C@H]1CC[C@H](CCC(=O)N(C)C[C@@H]2CCN(C)[C@H]2c2cccnc2)O1. The second-order valence-electron chi connectivity index (χ2n) is 7.72. The summed E-state index contributed by atoms with van der Waals surface area (Å²) in [7, 11) is 4.11. The Morgan fingerprint density at radius 3 is 2.92 bits per heavy atom. The van der Waals surface area contributed by atoms with Crippen LogP contribution in [-0.2, 0) is 9.53 Å². The molecule has 5 heteroatoms. The Balaban J connectivity index is 1.52. The summed E-state index contributed by atoms with van der Waals surface area (Å²) < 4.78 is 5.83. The van der Waals surface area contributed by atoms with Crippen LogP contribution in [0.1, 0.15) is 50.6 Å². The van der Waals surface area contributed by atoms with Crippen LogP contribution in [0.3, 0.4) is 0 Å². The zero-order chi connectivity index (χ0) is 17.8. The number of aromatic nitrogens is 1. The van der Waals surface area contributed by atoms with E-state index in [4.69, 9.17) is 4.74 Å². The molecule has 0 unspecified atom stereocenters. The van der Waals surface area contributed by atoms with Gasteiger partial charge in [-0.2, -0.15) is 0 Å². The van der Waals surface area contributed by atoms with Gasteiger partial charge in [0.15, 0.2) is 0 Å². The summed E-state index contributed by atoms with van der Waals surface area (Å²) in [6.45, 7) is 3.99. The lowest BCUT2D eigenvalue weighted by molar-refractivity contribution is -0.131. The van der Waals surface area contributed by atoms with E-state index < -0.39 is 0 Å². The van der Waals surface area contributed by atoms with Crippen LogP contribution in [0.25, 0.3) is 0 Å². The smallest absolute Gasteiger partial charge is 0.222 e. The van der Waals surface area contributed by atoms with E-state index in [0.717, 1.165) is 38.8 Å². The number of ether oxygens (including phenoxy) is 1. The van der Waals surface area contributed by atoms with Crippen molar-refractivity contribution in [1.29, 1.82) is 0 Å². The van der Waals surface area contributed by atoms with Crippen LogP contribution < -0.4 is 0 Å². The fourth-order valence-corrected chi connectivity index (χ4v) is 4.32. The summed E-state index contributed by atoms with van der Waals surface area (Å²) in [6, 6.07) is 4.49. The third kappa shape index (κ3) is 4.59. The minimum absolute atomic E-state index is 0.239. The summed E-state index contributed by atoms with van der Waals surface area (Å²) in [5.74, 6) is 0.702. The molecular formula is C20H31N3O2. The third-order valence-electron chi connectivity index (χ3n) is 5.73. The topological polar surface area (TPSA) is 45.7 Å². The Kier molecular flexibility index (Phi) is 6.07. The van der Waals surface area contributed by atoms with E-state index >= 15 is 0 Å². The van der Waals surface area contributed by atoms with Gasteiger partial charge in [-0.05, 0) is 63.7 Å². The van der Waals surface area contributed by atoms with E-state index in [1.165, 1.54) is 5.56 Å². The molecule has 0 bridgehead atoms. The molecule has 138 valence electrons. The van der Waals surface area contributed by atoms with E-state index in [0.29, 0.717) is 24.5 Å². The van der Waals surface area contributed by atoms with Crippen LogP contribution in [0, 0.1) is 5.92 Å². The number of amides is 1. The quantitative estimate of drug-likeness (QED) is 0.795. The first-order valence-electron chi connectivity index (χ1n) is 9.54. The Morgan fingerprint density at radius 1 is 1.40 bits per heavy atom. The minimum Gasteiger partial charge on any atom is -0.375 e. The van der Waals surface area contributed by atoms with E-state index in [1.54, 1.807) is 0 Å². The molecule has 4 atom stereocenters. The van der Waals surface area contributed by atoms with E-state index in [1.807, 2.05) is 30.4 Å². The van der Waals surface area contributed by atoms with Gasteiger partial charge in [-0.15, -0.1) is 0 Å². The number of carbonyl (C=O) groups excluding carboxylic acids is 1. The summed E-state index contributed by atoms with van der Waals surface area (Å²) >= 11 is 0. The van der Waals surface area contributed by atoms with Gasteiger partial charge < -0.3 is 9.64 Å². The maximum atomic E-state index is 12.5. The summed E-state index contributed by atoms with van der Waals surface area (Å²) in [4.78, 5) is 21.1. The average molecular weight is 345 g/mol. The van der Waals surface area contributed by atoms with Crippen LogP contribution >= 0.6 is 0 Å². The maximum absolute atomic E-state index is 12.5. The molecule has 0 radical (unpaired) electrons. The molecule has 2 saturated heterocycles. The molecule has 25 heavy (non-hydrogen) atoms. The first kappa shape index (κ1) is 18.3. The van der Waals surface area contributed by atoms with Crippen molar-refractivity contribution >= 4 is 5.91 Å². The second kappa shape index (κ2) is 8.28. The van der Waals surface area contributed by atoms with Crippen LogP contribution in [0.2, 0.25) is 0 Å². The molecule has 2 aliphatic heterocycles. The van der Waals surface area contributed by atoms with Crippen molar-refractivity contribution in [3.8, 4) is 0 Å². The molecule has 0 spiro atoms. The molecule has 2 aliphatic rings. The molecule has 0 saturated carbocycles. The first-order chi connectivity index (χ1) is 12.0. The van der Waals surface area contributed by atoms with Crippen LogP contribution in [-0.4, -0.2) is 60.1 Å². The lowest BCUT2D eigenvalue weighted by Gasteiger charge is -2.29. The Hall–Kier alpha value is -1.46. The van der Waals surface area contributed by atoms with E-state index in [9.17, 15) is 4.79 Å². The Bertz CT molecular complexity index is 565. The van der Waals surface area contributed by atoms with Crippen LogP contribution in [0.4, 0.5) is 0 Å². The highest BCUT2D eigenvalue weighted by atomic mass is 16.5. The molecule has 5 nitrogen and oxygen atoms in total. The van der Waals surface area contributed by atoms with Gasteiger partial charge in [-0.3, -0.25) is 14.7 Å². The van der Waals surface area contributed by atoms with Gasteiger partial charge in [0.1, 0.15) is 0 Å². The average Bonchev–Trinajstić information content (AvgIpc) is 3.19. The van der Waals surface area contributed by atoms with Gasteiger partial charge in [-0.1, -0.05) is 6.07 Å². The van der Waals surface area contributed by atoms with Crippen molar-refractivity contribution in [3.05, 3.63) is 30.1 Å². The number of rotatable bonds is 6. The van der Waals surface area contributed by atoms with Gasteiger partial charge >= 0.3 is 0 Å². The van der Waals surface area contributed by atoms with Crippen molar-refractivity contribution in [2.24, 2.45) is 5.92 Å². The Labute approximate surface area is 151 Å².